The summed E-state index contributed by atoms with van der Waals surface area (Å²) in [7, 11) is 3.44. The molecule has 0 aliphatic carbocycles. The number of methoxy groups -OCH3 is 2. The van der Waals surface area contributed by atoms with Gasteiger partial charge in [0.2, 0.25) is 0 Å². The summed E-state index contributed by atoms with van der Waals surface area (Å²) in [6.07, 6.45) is 0.909. The van der Waals surface area contributed by atoms with Crippen molar-refractivity contribution < 1.29 is 13.9 Å². The van der Waals surface area contributed by atoms with Crippen molar-refractivity contribution in [2.75, 3.05) is 27.4 Å². The zero-order valence-corrected chi connectivity index (χ0v) is 12.5. The van der Waals surface area contributed by atoms with E-state index < -0.39 is 0 Å². The van der Waals surface area contributed by atoms with Crippen molar-refractivity contribution in [1.82, 2.24) is 5.32 Å². The Kier molecular flexibility index (Phi) is 5.59. The number of ether oxygens (including phenoxy) is 2. The van der Waals surface area contributed by atoms with E-state index in [2.05, 4.69) is 24.4 Å². The van der Waals surface area contributed by atoms with E-state index in [1.807, 2.05) is 6.07 Å². The molecule has 20 heavy (non-hydrogen) atoms. The van der Waals surface area contributed by atoms with E-state index in [-0.39, 0.29) is 0 Å². The van der Waals surface area contributed by atoms with Crippen LogP contribution in [0, 0.1) is 0 Å². The third kappa shape index (κ3) is 3.39. The van der Waals surface area contributed by atoms with Crippen molar-refractivity contribution >= 4 is 11.0 Å². The van der Waals surface area contributed by atoms with Crippen LogP contribution in [0.4, 0.5) is 0 Å². The van der Waals surface area contributed by atoms with Crippen molar-refractivity contribution in [2.45, 2.75) is 26.5 Å². The molecule has 2 rings (SSSR count). The van der Waals surface area contributed by atoms with Crippen LogP contribution in [-0.4, -0.2) is 27.4 Å². The summed E-state index contributed by atoms with van der Waals surface area (Å²) in [4.78, 5) is 0. The number of nitrogens with one attached hydrogen (secondary N) is 1. The Morgan fingerprint density at radius 1 is 1.20 bits per heavy atom. The molecule has 0 saturated heterocycles. The minimum atomic E-state index is 0.571. The fourth-order valence-electron chi connectivity index (χ4n) is 2.31. The lowest BCUT2D eigenvalue weighted by molar-refractivity contribution is 0.183. The highest BCUT2D eigenvalue weighted by Crippen LogP contribution is 2.28. The van der Waals surface area contributed by atoms with E-state index in [1.54, 1.807) is 14.2 Å². The number of hydrogen-bond acceptors (Lipinski definition) is 4. The molecule has 0 saturated carbocycles. The van der Waals surface area contributed by atoms with Crippen molar-refractivity contribution in [3.63, 3.8) is 0 Å². The zero-order chi connectivity index (χ0) is 14.4. The molecular formula is C16H23NO3. The molecule has 0 spiro atoms. The SMILES string of the molecule is CCNCc1oc2ccc(CCOC)cc2c1COC. The maximum Gasteiger partial charge on any atom is 0.134 e. The first-order valence-corrected chi connectivity index (χ1v) is 7.02. The van der Waals surface area contributed by atoms with Crippen molar-refractivity contribution in [1.29, 1.82) is 0 Å². The Balaban J connectivity index is 2.35. The third-order valence-corrected chi connectivity index (χ3v) is 3.36. The highest BCUT2D eigenvalue weighted by Gasteiger charge is 2.14. The van der Waals surface area contributed by atoms with Crippen LogP contribution in [0.1, 0.15) is 23.8 Å². The fraction of sp³-hybridized carbons (Fsp3) is 0.500. The van der Waals surface area contributed by atoms with E-state index in [1.165, 1.54) is 5.56 Å². The summed E-state index contributed by atoms with van der Waals surface area (Å²) in [6, 6.07) is 6.31. The summed E-state index contributed by atoms with van der Waals surface area (Å²) in [6.45, 7) is 5.04. The van der Waals surface area contributed by atoms with Crippen LogP contribution in [0.5, 0.6) is 0 Å². The molecule has 0 aliphatic rings. The van der Waals surface area contributed by atoms with Crippen molar-refractivity contribution in [2.24, 2.45) is 0 Å². The molecule has 1 heterocycles. The van der Waals surface area contributed by atoms with E-state index >= 15 is 0 Å². The summed E-state index contributed by atoms with van der Waals surface area (Å²) in [5.41, 5.74) is 3.32. The number of rotatable bonds is 8. The van der Waals surface area contributed by atoms with Gasteiger partial charge in [0.15, 0.2) is 0 Å². The Bertz CT molecular complexity index is 548. The quantitative estimate of drug-likeness (QED) is 0.805. The predicted molar refractivity (Wildman–Crippen MR) is 79.9 cm³/mol. The van der Waals surface area contributed by atoms with Crippen LogP contribution in [0.15, 0.2) is 22.6 Å². The molecule has 4 nitrogen and oxygen atoms in total. The van der Waals surface area contributed by atoms with Gasteiger partial charge in [0.1, 0.15) is 11.3 Å². The lowest BCUT2D eigenvalue weighted by Gasteiger charge is -2.03. The van der Waals surface area contributed by atoms with E-state index in [0.717, 1.165) is 48.4 Å². The smallest absolute Gasteiger partial charge is 0.134 e. The first-order valence-electron chi connectivity index (χ1n) is 7.02. The monoisotopic (exact) mass is 277 g/mol. The third-order valence-electron chi connectivity index (χ3n) is 3.36. The normalized spacial score (nSPS) is 11.3. The van der Waals surface area contributed by atoms with Gasteiger partial charge >= 0.3 is 0 Å². The summed E-state index contributed by atoms with van der Waals surface area (Å²) >= 11 is 0. The Hall–Kier alpha value is -1.36. The molecule has 0 bridgehead atoms. The summed E-state index contributed by atoms with van der Waals surface area (Å²) in [5.74, 6) is 0.965. The molecule has 0 atom stereocenters. The molecule has 0 unspecified atom stereocenters. The lowest BCUT2D eigenvalue weighted by Crippen LogP contribution is -2.12. The van der Waals surface area contributed by atoms with Gasteiger partial charge in [-0.3, -0.25) is 0 Å². The molecule has 0 fully saturated rings. The molecule has 0 aliphatic heterocycles. The molecular weight excluding hydrogens is 254 g/mol. The van der Waals surface area contributed by atoms with Gasteiger partial charge in [-0.05, 0) is 30.7 Å². The standard InChI is InChI=1S/C16H23NO3/c1-4-17-10-16-14(11-19-3)13-9-12(7-8-18-2)5-6-15(13)20-16/h5-6,9,17H,4,7-8,10-11H2,1-3H3. The minimum absolute atomic E-state index is 0.571. The topological polar surface area (TPSA) is 43.6 Å². The average molecular weight is 277 g/mol. The predicted octanol–water partition coefficient (Wildman–Crippen LogP) is 2.88. The fourth-order valence-corrected chi connectivity index (χ4v) is 2.31. The molecule has 1 aromatic heterocycles. The second-order valence-corrected chi connectivity index (χ2v) is 4.79. The minimum Gasteiger partial charge on any atom is -0.459 e. The first kappa shape index (κ1) is 15.0. The van der Waals surface area contributed by atoms with Gasteiger partial charge in [0, 0.05) is 25.2 Å². The molecule has 110 valence electrons. The Morgan fingerprint density at radius 3 is 2.75 bits per heavy atom. The summed E-state index contributed by atoms with van der Waals surface area (Å²) < 4.78 is 16.4. The highest BCUT2D eigenvalue weighted by atomic mass is 16.5. The average Bonchev–Trinajstić information content (AvgIpc) is 2.81. The van der Waals surface area contributed by atoms with Crippen LogP contribution in [-0.2, 0) is 29.0 Å². The van der Waals surface area contributed by atoms with Gasteiger partial charge < -0.3 is 19.2 Å². The van der Waals surface area contributed by atoms with E-state index in [0.29, 0.717) is 6.61 Å². The van der Waals surface area contributed by atoms with Gasteiger partial charge in [-0.25, -0.2) is 0 Å². The van der Waals surface area contributed by atoms with Crippen LogP contribution in [0.2, 0.25) is 0 Å². The molecule has 0 radical (unpaired) electrons. The second-order valence-electron chi connectivity index (χ2n) is 4.79. The molecule has 1 aromatic carbocycles. The number of hydrogen-bond donors (Lipinski definition) is 1. The van der Waals surface area contributed by atoms with Crippen LogP contribution >= 0.6 is 0 Å². The van der Waals surface area contributed by atoms with E-state index in [4.69, 9.17) is 13.9 Å². The highest BCUT2D eigenvalue weighted by molar-refractivity contribution is 5.83. The van der Waals surface area contributed by atoms with Crippen molar-refractivity contribution in [3.05, 3.63) is 35.1 Å². The van der Waals surface area contributed by atoms with Gasteiger partial charge in [-0.1, -0.05) is 13.0 Å². The molecule has 1 N–H and O–H groups in total. The zero-order valence-electron chi connectivity index (χ0n) is 12.5. The van der Waals surface area contributed by atoms with Crippen molar-refractivity contribution in [3.8, 4) is 0 Å². The van der Waals surface area contributed by atoms with E-state index in [9.17, 15) is 0 Å². The maximum absolute atomic E-state index is 5.94. The second kappa shape index (κ2) is 7.43. The first-order chi connectivity index (χ1) is 9.80. The van der Waals surface area contributed by atoms with Gasteiger partial charge in [-0.15, -0.1) is 0 Å². The van der Waals surface area contributed by atoms with Crippen LogP contribution in [0.25, 0.3) is 11.0 Å². The molecule has 2 aromatic rings. The largest absolute Gasteiger partial charge is 0.459 e. The van der Waals surface area contributed by atoms with Crippen LogP contribution in [0.3, 0.4) is 0 Å². The number of furan rings is 1. The Morgan fingerprint density at radius 2 is 2.05 bits per heavy atom. The van der Waals surface area contributed by atoms with Gasteiger partial charge in [0.25, 0.3) is 0 Å². The molecule has 0 amide bonds. The maximum atomic E-state index is 5.94. The number of benzene rings is 1. The Labute approximate surface area is 120 Å². The van der Waals surface area contributed by atoms with Crippen LogP contribution < -0.4 is 5.32 Å². The van der Waals surface area contributed by atoms with Gasteiger partial charge in [-0.2, -0.15) is 0 Å². The summed E-state index contributed by atoms with van der Waals surface area (Å²) in [5, 5.41) is 4.45. The molecule has 4 heteroatoms. The number of fused-ring (bicyclic) bond motifs is 1. The van der Waals surface area contributed by atoms with Gasteiger partial charge in [0.05, 0.1) is 19.8 Å². The lowest BCUT2D eigenvalue weighted by atomic mass is 10.1.